The lowest BCUT2D eigenvalue weighted by atomic mass is 10.0. The van der Waals surface area contributed by atoms with Crippen LogP contribution >= 0.6 is 46.7 Å². The highest BCUT2D eigenvalue weighted by molar-refractivity contribution is 8.20. The van der Waals surface area contributed by atoms with E-state index < -0.39 is 14.2 Å². The molecule has 1 amide bonds. The van der Waals surface area contributed by atoms with Crippen LogP contribution in [0.4, 0.5) is 5.69 Å². The number of hydrogen-bond donors (Lipinski definition) is 3. The average molecular weight is 664 g/mol. The number of amides is 1. The molecule has 0 spiro atoms. The Morgan fingerprint density at radius 1 is 1.05 bits per heavy atom. The highest BCUT2D eigenvalue weighted by Gasteiger charge is 2.32. The number of carbonyl (C=O) groups is 1. The molecule has 3 N–H and O–H groups in total. The predicted octanol–water partition coefficient (Wildman–Crippen LogP) is 6.62. The summed E-state index contributed by atoms with van der Waals surface area (Å²) >= 11 is 15.3. The van der Waals surface area contributed by atoms with E-state index in [1.807, 2.05) is 42.7 Å². The molecule has 1 fully saturated rings. The van der Waals surface area contributed by atoms with Crippen molar-refractivity contribution in [1.82, 2.24) is 15.5 Å². The largest absolute Gasteiger partial charge is 0.361 e. The van der Waals surface area contributed by atoms with Crippen molar-refractivity contribution in [3.63, 3.8) is 0 Å². The van der Waals surface area contributed by atoms with Crippen molar-refractivity contribution in [2.75, 3.05) is 23.6 Å². The number of nitrogens with zero attached hydrogens (tertiary/aromatic N) is 1. The molecule has 1 unspecified atom stereocenters. The molecule has 1 atom stereocenters. The molecule has 42 heavy (non-hydrogen) atoms. The molecule has 0 saturated carbocycles. The SMILES string of the molecule is CC1(SCC(=O)NC2CCN(Cc3ccc(Cl)c(Cl)c3)CC2)NC(c2cccc(NS(=O)(=O)c3ccccc3)c2)=CS1. The quantitative estimate of drug-likeness (QED) is 0.225. The maximum Gasteiger partial charge on any atom is 0.261 e. The van der Waals surface area contributed by atoms with Gasteiger partial charge in [0.1, 0.15) is 4.20 Å². The Morgan fingerprint density at radius 3 is 2.55 bits per heavy atom. The van der Waals surface area contributed by atoms with E-state index in [-0.39, 0.29) is 16.8 Å². The lowest BCUT2D eigenvalue weighted by Gasteiger charge is -2.32. The van der Waals surface area contributed by atoms with Gasteiger partial charge in [-0.05, 0) is 67.1 Å². The van der Waals surface area contributed by atoms with E-state index in [0.717, 1.165) is 49.3 Å². The van der Waals surface area contributed by atoms with Crippen LogP contribution in [0.2, 0.25) is 10.0 Å². The summed E-state index contributed by atoms with van der Waals surface area (Å²) in [6.07, 6.45) is 1.80. The normalized spacial score (nSPS) is 19.6. The first-order chi connectivity index (χ1) is 20.1. The van der Waals surface area contributed by atoms with Crippen LogP contribution in [0.1, 0.15) is 30.9 Å². The fourth-order valence-corrected chi connectivity index (χ4v) is 8.22. The molecule has 12 heteroatoms. The lowest BCUT2D eigenvalue weighted by Crippen LogP contribution is -2.45. The second kappa shape index (κ2) is 13.5. The van der Waals surface area contributed by atoms with E-state index >= 15 is 0 Å². The van der Waals surface area contributed by atoms with Gasteiger partial charge in [-0.15, -0.1) is 11.8 Å². The van der Waals surface area contributed by atoms with Crippen LogP contribution in [0.25, 0.3) is 5.70 Å². The molecule has 222 valence electrons. The molecular formula is C30H32Cl2N4O3S3. The van der Waals surface area contributed by atoms with Gasteiger partial charge < -0.3 is 10.6 Å². The number of hydrogen-bond acceptors (Lipinski definition) is 7. The van der Waals surface area contributed by atoms with E-state index in [0.29, 0.717) is 21.5 Å². The minimum absolute atomic E-state index is 0.0253. The molecule has 2 aliphatic heterocycles. The average Bonchev–Trinajstić information content (AvgIpc) is 3.38. The predicted molar refractivity (Wildman–Crippen MR) is 176 cm³/mol. The number of carbonyl (C=O) groups excluding carboxylic acids is 1. The van der Waals surface area contributed by atoms with E-state index in [1.165, 1.54) is 0 Å². The van der Waals surface area contributed by atoms with Crippen molar-refractivity contribution in [3.05, 3.63) is 99.4 Å². The van der Waals surface area contributed by atoms with Crippen LogP contribution in [-0.2, 0) is 21.4 Å². The van der Waals surface area contributed by atoms with Crippen LogP contribution in [0.15, 0.2) is 83.1 Å². The Labute approximate surface area is 265 Å². The molecule has 5 rings (SSSR count). The molecule has 0 radical (unpaired) electrons. The first kappa shape index (κ1) is 31.1. The second-order valence-corrected chi connectivity index (χ2v) is 15.8. The van der Waals surface area contributed by atoms with Crippen LogP contribution < -0.4 is 15.4 Å². The third-order valence-electron chi connectivity index (χ3n) is 7.06. The maximum absolute atomic E-state index is 12.8. The summed E-state index contributed by atoms with van der Waals surface area (Å²) in [5.74, 6) is 0.357. The van der Waals surface area contributed by atoms with Gasteiger partial charge in [-0.3, -0.25) is 14.4 Å². The highest BCUT2D eigenvalue weighted by Crippen LogP contribution is 2.43. The van der Waals surface area contributed by atoms with Crippen molar-refractivity contribution in [1.29, 1.82) is 0 Å². The van der Waals surface area contributed by atoms with Gasteiger partial charge in [-0.1, -0.05) is 71.4 Å². The summed E-state index contributed by atoms with van der Waals surface area (Å²) in [6, 6.07) is 21.5. The number of anilines is 1. The smallest absolute Gasteiger partial charge is 0.261 e. The van der Waals surface area contributed by atoms with E-state index in [1.54, 1.807) is 66.0 Å². The fraction of sp³-hybridized carbons (Fsp3) is 0.300. The summed E-state index contributed by atoms with van der Waals surface area (Å²) < 4.78 is 27.7. The van der Waals surface area contributed by atoms with Gasteiger partial charge >= 0.3 is 0 Å². The molecule has 3 aromatic carbocycles. The zero-order valence-corrected chi connectivity index (χ0v) is 26.9. The van der Waals surface area contributed by atoms with Crippen LogP contribution in [-0.4, -0.2) is 48.3 Å². The Kier molecular flexibility index (Phi) is 10.0. The number of thioether (sulfide) groups is 2. The molecule has 0 aromatic heterocycles. The zero-order valence-electron chi connectivity index (χ0n) is 23.0. The molecule has 3 aromatic rings. The van der Waals surface area contributed by atoms with Crippen molar-refractivity contribution >= 4 is 74.0 Å². The third-order valence-corrected chi connectivity index (χ3v) is 11.8. The molecule has 0 aliphatic carbocycles. The second-order valence-electron chi connectivity index (χ2n) is 10.4. The molecular weight excluding hydrogens is 631 g/mol. The number of rotatable bonds is 10. The van der Waals surface area contributed by atoms with Gasteiger partial charge in [0.15, 0.2) is 0 Å². The standard InChI is InChI=1S/C30H32Cl2N4O3S3/c1-30(41-20-29(37)33-23-12-14-36(15-13-23)18-21-10-11-26(31)27(32)16-21)34-28(19-40-30)22-6-5-7-24(17-22)35-42(38,39)25-8-3-2-4-9-25/h2-11,16-17,19,23,34-35H,12-15,18,20H2,1H3,(H,33,37). The van der Waals surface area contributed by atoms with Crippen LogP contribution in [0, 0.1) is 0 Å². The molecule has 7 nitrogen and oxygen atoms in total. The van der Waals surface area contributed by atoms with Crippen molar-refractivity contribution in [3.8, 4) is 0 Å². The molecule has 0 bridgehead atoms. The lowest BCUT2D eigenvalue weighted by molar-refractivity contribution is -0.119. The third kappa shape index (κ3) is 8.18. The summed E-state index contributed by atoms with van der Waals surface area (Å²) in [6.45, 7) is 4.66. The van der Waals surface area contributed by atoms with Crippen LogP contribution in [0.3, 0.4) is 0 Å². The van der Waals surface area contributed by atoms with E-state index in [4.69, 9.17) is 23.2 Å². The summed E-state index contributed by atoms with van der Waals surface area (Å²) in [5, 5.41) is 9.85. The number of nitrogens with one attached hydrogen (secondary N) is 3. The number of halogens is 2. The Balaban J connectivity index is 1.07. The maximum atomic E-state index is 12.8. The number of piperidine rings is 1. The van der Waals surface area contributed by atoms with E-state index in [9.17, 15) is 13.2 Å². The topological polar surface area (TPSA) is 90.5 Å². The highest BCUT2D eigenvalue weighted by atomic mass is 35.5. The summed E-state index contributed by atoms with van der Waals surface area (Å²) in [5.41, 5.74) is 3.35. The first-order valence-corrected chi connectivity index (χ1v) is 17.6. The number of benzene rings is 3. The van der Waals surface area contributed by atoms with Gasteiger partial charge in [-0.25, -0.2) is 8.42 Å². The van der Waals surface area contributed by atoms with Crippen LogP contribution in [0.5, 0.6) is 0 Å². The van der Waals surface area contributed by atoms with Gasteiger partial charge in [0.05, 0.1) is 20.7 Å². The molecule has 2 heterocycles. The monoisotopic (exact) mass is 662 g/mol. The minimum atomic E-state index is -3.68. The molecule has 2 aliphatic rings. The van der Waals surface area contributed by atoms with Gasteiger partial charge in [0.25, 0.3) is 10.0 Å². The van der Waals surface area contributed by atoms with Crippen molar-refractivity contribution in [2.45, 2.75) is 41.5 Å². The number of sulfonamides is 1. The minimum Gasteiger partial charge on any atom is -0.361 e. The Hall–Kier alpha value is -2.34. The number of likely N-dealkylation sites (tertiary alicyclic amines) is 1. The van der Waals surface area contributed by atoms with Gasteiger partial charge in [-0.2, -0.15) is 0 Å². The zero-order chi connectivity index (χ0) is 29.7. The Bertz CT molecular complexity index is 1560. The Morgan fingerprint density at radius 2 is 1.81 bits per heavy atom. The van der Waals surface area contributed by atoms with E-state index in [2.05, 4.69) is 20.3 Å². The van der Waals surface area contributed by atoms with Gasteiger partial charge in [0, 0.05) is 42.6 Å². The molecule has 1 saturated heterocycles. The van der Waals surface area contributed by atoms with Crippen molar-refractivity contribution < 1.29 is 13.2 Å². The van der Waals surface area contributed by atoms with Crippen molar-refractivity contribution in [2.24, 2.45) is 0 Å². The fourth-order valence-electron chi connectivity index (χ4n) is 4.85. The first-order valence-electron chi connectivity index (χ1n) is 13.5. The summed E-state index contributed by atoms with van der Waals surface area (Å²) in [4.78, 5) is 15.4. The van der Waals surface area contributed by atoms with Gasteiger partial charge in [0.2, 0.25) is 5.91 Å². The summed E-state index contributed by atoms with van der Waals surface area (Å²) in [7, 11) is -3.68.